The number of aromatic nitrogens is 4. The summed E-state index contributed by atoms with van der Waals surface area (Å²) in [5, 5.41) is 15.0. The van der Waals surface area contributed by atoms with Crippen molar-refractivity contribution in [3.05, 3.63) is 30.3 Å². The molecule has 0 aliphatic carbocycles. The van der Waals surface area contributed by atoms with Crippen LogP contribution >= 0.6 is 0 Å². The second kappa shape index (κ2) is 6.11. The normalized spacial score (nSPS) is 12.3. The number of tetrazole rings is 1. The topological polar surface area (TPSA) is 81.7 Å². The maximum absolute atomic E-state index is 5.58. The van der Waals surface area contributed by atoms with E-state index in [2.05, 4.69) is 27.8 Å². The Labute approximate surface area is 106 Å². The molecular formula is C12H18N6. The van der Waals surface area contributed by atoms with E-state index in [4.69, 9.17) is 5.73 Å². The molecule has 2 rings (SSSR count). The summed E-state index contributed by atoms with van der Waals surface area (Å²) >= 11 is 0. The predicted molar refractivity (Wildman–Crippen MR) is 70.5 cm³/mol. The van der Waals surface area contributed by atoms with Gasteiger partial charge in [-0.05, 0) is 41.9 Å². The van der Waals surface area contributed by atoms with Crippen LogP contribution in [0.2, 0.25) is 0 Å². The Hall–Kier alpha value is -1.95. The minimum absolute atomic E-state index is 0.295. The Bertz CT molecular complexity index is 466. The van der Waals surface area contributed by atoms with E-state index in [0.29, 0.717) is 18.5 Å². The van der Waals surface area contributed by atoms with E-state index in [9.17, 15) is 0 Å². The number of para-hydroxylation sites is 1. The first kappa shape index (κ1) is 12.5. The number of nitrogens with zero attached hydrogens (tertiary/aromatic N) is 4. The third-order valence-corrected chi connectivity index (χ3v) is 2.81. The molecule has 1 aromatic heterocycles. The Morgan fingerprint density at radius 2 is 2.11 bits per heavy atom. The molecule has 0 amide bonds. The summed E-state index contributed by atoms with van der Waals surface area (Å²) in [4.78, 5) is 0. The first-order chi connectivity index (χ1) is 8.85. The fourth-order valence-corrected chi connectivity index (χ4v) is 1.78. The zero-order valence-corrected chi connectivity index (χ0v) is 10.5. The predicted octanol–water partition coefficient (Wildman–Crippen LogP) is 1.20. The zero-order chi connectivity index (χ0) is 12.8. The van der Waals surface area contributed by atoms with E-state index in [1.807, 2.05) is 30.3 Å². The third kappa shape index (κ3) is 2.84. The number of nitrogens with one attached hydrogen (secondary N) is 1. The fraction of sp³-hybridized carbons (Fsp3) is 0.417. The first-order valence-corrected chi connectivity index (χ1v) is 6.15. The Kier molecular flexibility index (Phi) is 4.25. The van der Waals surface area contributed by atoms with Gasteiger partial charge in [0.05, 0.1) is 5.69 Å². The average Bonchev–Trinajstić information content (AvgIpc) is 2.87. The molecule has 0 spiro atoms. The van der Waals surface area contributed by atoms with Gasteiger partial charge in [0.1, 0.15) is 0 Å². The van der Waals surface area contributed by atoms with Crippen LogP contribution < -0.4 is 11.1 Å². The quantitative estimate of drug-likeness (QED) is 0.800. The highest BCUT2D eigenvalue weighted by Gasteiger charge is 2.12. The van der Waals surface area contributed by atoms with Crippen LogP contribution in [0.25, 0.3) is 5.69 Å². The summed E-state index contributed by atoms with van der Waals surface area (Å²) in [5.41, 5.74) is 6.52. The molecule has 96 valence electrons. The molecule has 0 saturated carbocycles. The highest BCUT2D eigenvalue weighted by molar-refractivity contribution is 5.38. The third-order valence-electron chi connectivity index (χ3n) is 2.81. The molecule has 1 unspecified atom stereocenters. The minimum Gasteiger partial charge on any atom is -0.350 e. The Morgan fingerprint density at radius 3 is 2.78 bits per heavy atom. The summed E-state index contributed by atoms with van der Waals surface area (Å²) in [5.74, 6) is 0.654. The summed E-state index contributed by atoms with van der Waals surface area (Å²) in [6.45, 7) is 2.77. The van der Waals surface area contributed by atoms with Crippen LogP contribution in [0, 0.1) is 0 Å². The lowest BCUT2D eigenvalue weighted by atomic mass is 10.1. The molecule has 0 radical (unpaired) electrons. The van der Waals surface area contributed by atoms with Gasteiger partial charge in [0.25, 0.3) is 0 Å². The van der Waals surface area contributed by atoms with Gasteiger partial charge in [-0.15, -0.1) is 0 Å². The van der Waals surface area contributed by atoms with Crippen molar-refractivity contribution in [2.45, 2.75) is 25.8 Å². The summed E-state index contributed by atoms with van der Waals surface area (Å²) in [6, 6.07) is 10.1. The van der Waals surface area contributed by atoms with Crippen LogP contribution in [0.5, 0.6) is 0 Å². The lowest BCUT2D eigenvalue weighted by Gasteiger charge is -2.16. The molecule has 6 nitrogen and oxygen atoms in total. The summed E-state index contributed by atoms with van der Waals surface area (Å²) < 4.78 is 1.69. The monoisotopic (exact) mass is 246 g/mol. The zero-order valence-electron chi connectivity index (χ0n) is 10.5. The van der Waals surface area contributed by atoms with Crippen molar-refractivity contribution in [3.63, 3.8) is 0 Å². The highest BCUT2D eigenvalue weighted by atomic mass is 15.6. The van der Waals surface area contributed by atoms with Crippen molar-refractivity contribution in [2.24, 2.45) is 5.73 Å². The molecule has 0 saturated heterocycles. The lowest BCUT2D eigenvalue weighted by molar-refractivity contribution is 0.632. The van der Waals surface area contributed by atoms with Gasteiger partial charge >= 0.3 is 0 Å². The van der Waals surface area contributed by atoms with Crippen molar-refractivity contribution in [2.75, 3.05) is 11.9 Å². The van der Waals surface area contributed by atoms with E-state index in [1.165, 1.54) is 0 Å². The maximum atomic E-state index is 5.58. The fourth-order valence-electron chi connectivity index (χ4n) is 1.78. The Balaban J connectivity index is 2.18. The molecule has 1 heterocycles. The number of rotatable bonds is 6. The summed E-state index contributed by atoms with van der Waals surface area (Å²) in [6.07, 6.45) is 1.89. The van der Waals surface area contributed by atoms with Crippen molar-refractivity contribution < 1.29 is 0 Å². The van der Waals surface area contributed by atoms with Gasteiger partial charge < -0.3 is 11.1 Å². The van der Waals surface area contributed by atoms with E-state index in [1.54, 1.807) is 4.68 Å². The molecule has 1 atom stereocenters. The SMILES string of the molecule is CCC(CCN)Nc1nnnn1-c1ccccc1. The van der Waals surface area contributed by atoms with Crippen molar-refractivity contribution in [1.82, 2.24) is 20.2 Å². The maximum Gasteiger partial charge on any atom is 0.247 e. The van der Waals surface area contributed by atoms with Gasteiger partial charge in [-0.3, -0.25) is 0 Å². The van der Waals surface area contributed by atoms with Crippen LogP contribution in [-0.4, -0.2) is 32.8 Å². The molecule has 0 aliphatic heterocycles. The number of hydrogen-bond donors (Lipinski definition) is 2. The van der Waals surface area contributed by atoms with Crippen molar-refractivity contribution in [3.8, 4) is 5.69 Å². The molecule has 6 heteroatoms. The molecule has 0 fully saturated rings. The first-order valence-electron chi connectivity index (χ1n) is 6.15. The van der Waals surface area contributed by atoms with Crippen LogP contribution in [0.15, 0.2) is 30.3 Å². The van der Waals surface area contributed by atoms with Crippen molar-refractivity contribution in [1.29, 1.82) is 0 Å². The van der Waals surface area contributed by atoms with E-state index >= 15 is 0 Å². The van der Waals surface area contributed by atoms with Gasteiger partial charge in [-0.2, -0.15) is 4.68 Å². The van der Waals surface area contributed by atoms with Crippen LogP contribution in [-0.2, 0) is 0 Å². The molecule has 1 aromatic carbocycles. The molecule has 2 aromatic rings. The molecule has 3 N–H and O–H groups in total. The lowest BCUT2D eigenvalue weighted by Crippen LogP contribution is -2.24. The minimum atomic E-state index is 0.295. The molecule has 0 aliphatic rings. The van der Waals surface area contributed by atoms with Gasteiger partial charge in [0.2, 0.25) is 5.95 Å². The average molecular weight is 246 g/mol. The van der Waals surface area contributed by atoms with Gasteiger partial charge in [-0.25, -0.2) is 0 Å². The molecule has 0 bridgehead atoms. The second-order valence-corrected chi connectivity index (χ2v) is 4.08. The number of benzene rings is 1. The number of nitrogens with two attached hydrogens (primary N) is 1. The van der Waals surface area contributed by atoms with E-state index in [0.717, 1.165) is 18.5 Å². The second-order valence-electron chi connectivity index (χ2n) is 4.08. The number of anilines is 1. The highest BCUT2D eigenvalue weighted by Crippen LogP contribution is 2.13. The largest absolute Gasteiger partial charge is 0.350 e. The van der Waals surface area contributed by atoms with Crippen LogP contribution in [0.4, 0.5) is 5.95 Å². The molecule has 18 heavy (non-hydrogen) atoms. The van der Waals surface area contributed by atoms with E-state index in [-0.39, 0.29) is 0 Å². The van der Waals surface area contributed by atoms with Crippen LogP contribution in [0.3, 0.4) is 0 Å². The van der Waals surface area contributed by atoms with Gasteiger partial charge in [0.15, 0.2) is 0 Å². The standard InChI is InChI=1S/C12H18N6/c1-2-10(8-9-13)14-12-15-16-17-18(12)11-6-4-3-5-7-11/h3-7,10H,2,8-9,13H2,1H3,(H,14,15,17). The van der Waals surface area contributed by atoms with Gasteiger partial charge in [-0.1, -0.05) is 30.2 Å². The van der Waals surface area contributed by atoms with Crippen LogP contribution in [0.1, 0.15) is 19.8 Å². The van der Waals surface area contributed by atoms with Crippen molar-refractivity contribution >= 4 is 5.95 Å². The number of hydrogen-bond acceptors (Lipinski definition) is 5. The Morgan fingerprint density at radius 1 is 1.33 bits per heavy atom. The smallest absolute Gasteiger partial charge is 0.247 e. The van der Waals surface area contributed by atoms with Gasteiger partial charge in [0, 0.05) is 6.04 Å². The van der Waals surface area contributed by atoms with E-state index < -0.39 is 0 Å². The summed E-state index contributed by atoms with van der Waals surface area (Å²) in [7, 11) is 0. The molecular weight excluding hydrogens is 228 g/mol.